The Morgan fingerprint density at radius 2 is 2.35 bits per heavy atom. The predicted molar refractivity (Wildman–Crippen MR) is 58.7 cm³/mol. The van der Waals surface area contributed by atoms with Gasteiger partial charge in [-0.25, -0.2) is 4.79 Å². The standard InChI is InChI=1S/C10H18N2O5/c13-9(5-8-6-16-3-1-11-8)12-2-4-17-7-10(14)15/h8,11H,1-7H2,(H,12,13)(H,14,15). The van der Waals surface area contributed by atoms with Crippen molar-refractivity contribution in [2.24, 2.45) is 0 Å². The Balaban J connectivity index is 1.98. The molecule has 0 saturated carbocycles. The summed E-state index contributed by atoms with van der Waals surface area (Å²) in [6.07, 6.45) is 0.360. The van der Waals surface area contributed by atoms with Crippen LogP contribution in [0, 0.1) is 0 Å². The van der Waals surface area contributed by atoms with Crippen LogP contribution < -0.4 is 10.6 Å². The number of ether oxygens (including phenoxy) is 2. The van der Waals surface area contributed by atoms with Gasteiger partial charge in [0.2, 0.25) is 5.91 Å². The lowest BCUT2D eigenvalue weighted by molar-refractivity contribution is -0.142. The molecule has 0 aliphatic carbocycles. The summed E-state index contributed by atoms with van der Waals surface area (Å²) in [6, 6.07) is 0.0590. The van der Waals surface area contributed by atoms with Gasteiger partial charge in [0.15, 0.2) is 0 Å². The number of carbonyl (C=O) groups is 2. The maximum atomic E-state index is 11.4. The zero-order chi connectivity index (χ0) is 12.5. The summed E-state index contributed by atoms with van der Waals surface area (Å²) in [4.78, 5) is 21.6. The summed E-state index contributed by atoms with van der Waals surface area (Å²) in [5.41, 5.74) is 0. The highest BCUT2D eigenvalue weighted by atomic mass is 16.5. The third-order valence-corrected chi connectivity index (χ3v) is 2.22. The predicted octanol–water partition coefficient (Wildman–Crippen LogP) is -1.42. The van der Waals surface area contributed by atoms with Crippen LogP contribution in [-0.4, -0.2) is 62.5 Å². The van der Waals surface area contributed by atoms with Crippen molar-refractivity contribution in [2.45, 2.75) is 12.5 Å². The molecule has 1 aliphatic rings. The Bertz CT molecular complexity index is 253. The van der Waals surface area contributed by atoms with E-state index in [1.807, 2.05) is 0 Å². The van der Waals surface area contributed by atoms with Crippen molar-refractivity contribution in [3.63, 3.8) is 0 Å². The molecule has 0 bridgehead atoms. The zero-order valence-corrected chi connectivity index (χ0v) is 9.61. The third-order valence-electron chi connectivity index (χ3n) is 2.22. The average molecular weight is 246 g/mol. The second-order valence-corrected chi connectivity index (χ2v) is 3.73. The first-order valence-electron chi connectivity index (χ1n) is 5.56. The summed E-state index contributed by atoms with van der Waals surface area (Å²) < 4.78 is 10.0. The number of nitrogens with one attached hydrogen (secondary N) is 2. The van der Waals surface area contributed by atoms with Crippen molar-refractivity contribution < 1.29 is 24.2 Å². The molecule has 1 atom stereocenters. The molecule has 1 rings (SSSR count). The average Bonchev–Trinajstić information content (AvgIpc) is 2.29. The van der Waals surface area contributed by atoms with E-state index >= 15 is 0 Å². The number of amides is 1. The number of hydrogen-bond acceptors (Lipinski definition) is 5. The largest absolute Gasteiger partial charge is 0.480 e. The fraction of sp³-hybridized carbons (Fsp3) is 0.800. The number of morpholine rings is 1. The molecule has 0 aromatic carbocycles. The maximum Gasteiger partial charge on any atom is 0.329 e. The minimum absolute atomic E-state index is 0.0590. The van der Waals surface area contributed by atoms with E-state index in [1.54, 1.807) is 0 Å². The lowest BCUT2D eigenvalue weighted by atomic mass is 10.2. The molecule has 7 nitrogen and oxygen atoms in total. The fourth-order valence-electron chi connectivity index (χ4n) is 1.47. The van der Waals surface area contributed by atoms with E-state index in [1.165, 1.54) is 0 Å². The van der Waals surface area contributed by atoms with E-state index in [2.05, 4.69) is 10.6 Å². The monoisotopic (exact) mass is 246 g/mol. The molecular weight excluding hydrogens is 228 g/mol. The van der Waals surface area contributed by atoms with Crippen molar-refractivity contribution in [3.8, 4) is 0 Å². The molecule has 7 heteroatoms. The Labute approximate surface area is 99.5 Å². The Morgan fingerprint density at radius 3 is 3.00 bits per heavy atom. The Kier molecular flexibility index (Phi) is 6.53. The van der Waals surface area contributed by atoms with Gasteiger partial charge in [0.1, 0.15) is 6.61 Å². The van der Waals surface area contributed by atoms with E-state index < -0.39 is 5.97 Å². The van der Waals surface area contributed by atoms with Crippen LogP contribution in [-0.2, 0) is 19.1 Å². The van der Waals surface area contributed by atoms with Gasteiger partial charge in [0.05, 0.1) is 19.8 Å². The lowest BCUT2D eigenvalue weighted by Crippen LogP contribution is -2.44. The van der Waals surface area contributed by atoms with Crippen molar-refractivity contribution >= 4 is 11.9 Å². The molecule has 1 heterocycles. The van der Waals surface area contributed by atoms with Gasteiger partial charge in [-0.3, -0.25) is 4.79 Å². The van der Waals surface area contributed by atoms with Gasteiger partial charge < -0.3 is 25.2 Å². The lowest BCUT2D eigenvalue weighted by Gasteiger charge is -2.23. The summed E-state index contributed by atoms with van der Waals surface area (Å²) in [7, 11) is 0. The molecule has 1 saturated heterocycles. The summed E-state index contributed by atoms with van der Waals surface area (Å²) >= 11 is 0. The molecule has 17 heavy (non-hydrogen) atoms. The number of aliphatic carboxylic acids is 1. The molecule has 1 fully saturated rings. The smallest absolute Gasteiger partial charge is 0.329 e. The molecule has 0 aromatic rings. The summed E-state index contributed by atoms with van der Waals surface area (Å²) in [5.74, 6) is -1.10. The van der Waals surface area contributed by atoms with Crippen molar-refractivity contribution in [2.75, 3.05) is 39.5 Å². The first-order chi connectivity index (χ1) is 8.18. The first kappa shape index (κ1) is 13.9. The minimum atomic E-state index is -1.01. The van der Waals surface area contributed by atoms with Crippen LogP contribution in [0.4, 0.5) is 0 Å². The van der Waals surface area contributed by atoms with Gasteiger partial charge in [0, 0.05) is 25.6 Å². The van der Waals surface area contributed by atoms with Crippen LogP contribution in [0.15, 0.2) is 0 Å². The highest BCUT2D eigenvalue weighted by molar-refractivity contribution is 5.76. The van der Waals surface area contributed by atoms with E-state index in [4.69, 9.17) is 14.6 Å². The van der Waals surface area contributed by atoms with Gasteiger partial charge in [-0.1, -0.05) is 0 Å². The number of carbonyl (C=O) groups excluding carboxylic acids is 1. The topological polar surface area (TPSA) is 96.9 Å². The third kappa shape index (κ3) is 6.88. The van der Waals surface area contributed by atoms with Gasteiger partial charge in [-0.05, 0) is 0 Å². The molecule has 1 aliphatic heterocycles. The van der Waals surface area contributed by atoms with Crippen molar-refractivity contribution in [1.29, 1.82) is 0 Å². The van der Waals surface area contributed by atoms with Crippen LogP contribution in [0.1, 0.15) is 6.42 Å². The van der Waals surface area contributed by atoms with E-state index in [9.17, 15) is 9.59 Å². The quantitative estimate of drug-likeness (QED) is 0.477. The number of rotatable bonds is 7. The SMILES string of the molecule is O=C(O)COCCNC(=O)CC1COCCN1. The maximum absolute atomic E-state index is 11.4. The Hall–Kier alpha value is -1.18. The van der Waals surface area contributed by atoms with E-state index in [0.29, 0.717) is 26.2 Å². The normalized spacial score (nSPS) is 19.9. The van der Waals surface area contributed by atoms with Crippen LogP contribution in [0.2, 0.25) is 0 Å². The zero-order valence-electron chi connectivity index (χ0n) is 9.61. The number of carboxylic acids is 1. The van der Waals surface area contributed by atoms with Crippen molar-refractivity contribution in [1.82, 2.24) is 10.6 Å². The Morgan fingerprint density at radius 1 is 1.53 bits per heavy atom. The van der Waals surface area contributed by atoms with Gasteiger partial charge in [-0.2, -0.15) is 0 Å². The molecule has 1 unspecified atom stereocenters. The highest BCUT2D eigenvalue weighted by Crippen LogP contribution is 1.97. The van der Waals surface area contributed by atoms with Crippen LogP contribution in [0.5, 0.6) is 0 Å². The number of hydrogen-bond donors (Lipinski definition) is 3. The molecule has 0 spiro atoms. The van der Waals surface area contributed by atoms with E-state index in [-0.39, 0.29) is 25.2 Å². The molecule has 1 amide bonds. The molecular formula is C10H18N2O5. The summed E-state index contributed by atoms with van der Waals surface area (Å²) in [6.45, 7) is 2.17. The van der Waals surface area contributed by atoms with Gasteiger partial charge >= 0.3 is 5.97 Å². The van der Waals surface area contributed by atoms with Crippen LogP contribution in [0.3, 0.4) is 0 Å². The molecule has 0 radical (unpaired) electrons. The van der Waals surface area contributed by atoms with Gasteiger partial charge in [0.25, 0.3) is 0 Å². The molecule has 0 aromatic heterocycles. The van der Waals surface area contributed by atoms with Crippen LogP contribution >= 0.6 is 0 Å². The molecule has 3 N–H and O–H groups in total. The summed E-state index contributed by atoms with van der Waals surface area (Å²) in [5, 5.41) is 14.1. The second kappa shape index (κ2) is 7.99. The molecule has 98 valence electrons. The second-order valence-electron chi connectivity index (χ2n) is 3.73. The van der Waals surface area contributed by atoms with Crippen LogP contribution in [0.25, 0.3) is 0 Å². The van der Waals surface area contributed by atoms with E-state index in [0.717, 1.165) is 6.54 Å². The fourth-order valence-corrected chi connectivity index (χ4v) is 1.47. The van der Waals surface area contributed by atoms with Gasteiger partial charge in [-0.15, -0.1) is 0 Å². The minimum Gasteiger partial charge on any atom is -0.480 e. The number of carboxylic acid groups (broad SMARTS) is 1. The first-order valence-corrected chi connectivity index (χ1v) is 5.56. The van der Waals surface area contributed by atoms with Crippen molar-refractivity contribution in [3.05, 3.63) is 0 Å². The highest BCUT2D eigenvalue weighted by Gasteiger charge is 2.16.